The van der Waals surface area contributed by atoms with Crippen LogP contribution in [0.2, 0.25) is 0 Å². The molecule has 2 aromatic rings. The molecule has 1 aromatic carbocycles. The molecular weight excluding hydrogens is 252 g/mol. The molecule has 0 bridgehead atoms. The highest BCUT2D eigenvalue weighted by molar-refractivity contribution is 5.95. The van der Waals surface area contributed by atoms with Gasteiger partial charge >= 0.3 is 0 Å². The fraction of sp³-hybridized carbons (Fsp3) is 0.267. The molecule has 0 saturated carbocycles. The fourth-order valence-electron chi connectivity index (χ4n) is 2.33. The maximum absolute atomic E-state index is 11.8. The van der Waals surface area contributed by atoms with Crippen LogP contribution >= 0.6 is 0 Å². The van der Waals surface area contributed by atoms with Crippen molar-refractivity contribution in [3.8, 4) is 0 Å². The number of hydrogen-bond acceptors (Lipinski definition) is 4. The minimum Gasteiger partial charge on any atom is -0.381 e. The summed E-state index contributed by atoms with van der Waals surface area (Å²) in [5, 5.41) is 3.32. The van der Waals surface area contributed by atoms with Crippen LogP contribution in [0.3, 0.4) is 0 Å². The highest BCUT2D eigenvalue weighted by atomic mass is 16.2. The predicted molar refractivity (Wildman–Crippen MR) is 77.4 cm³/mol. The molecule has 0 spiro atoms. The largest absolute Gasteiger partial charge is 0.381 e. The van der Waals surface area contributed by atoms with Crippen molar-refractivity contribution in [1.29, 1.82) is 0 Å². The Morgan fingerprint density at radius 3 is 2.85 bits per heavy atom. The van der Waals surface area contributed by atoms with Gasteiger partial charge in [-0.25, -0.2) is 9.97 Å². The molecule has 2 heterocycles. The van der Waals surface area contributed by atoms with Crippen LogP contribution in [-0.2, 0) is 11.3 Å². The van der Waals surface area contributed by atoms with E-state index in [0.717, 1.165) is 29.9 Å². The van der Waals surface area contributed by atoms with Gasteiger partial charge in [-0.1, -0.05) is 6.07 Å². The first kappa shape index (κ1) is 12.6. The van der Waals surface area contributed by atoms with Crippen molar-refractivity contribution in [2.24, 2.45) is 0 Å². The van der Waals surface area contributed by atoms with Gasteiger partial charge in [-0.15, -0.1) is 0 Å². The number of anilines is 2. The number of hydrogen-bond donors (Lipinski definition) is 1. The number of carbonyl (C=O) groups is 1. The Balaban J connectivity index is 1.70. The summed E-state index contributed by atoms with van der Waals surface area (Å²) in [6.07, 6.45) is 6.68. The van der Waals surface area contributed by atoms with Gasteiger partial charge < -0.3 is 10.2 Å². The third-order valence-electron chi connectivity index (χ3n) is 3.34. The maximum Gasteiger partial charge on any atom is 0.227 e. The summed E-state index contributed by atoms with van der Waals surface area (Å²) >= 11 is 0. The van der Waals surface area contributed by atoms with E-state index in [4.69, 9.17) is 0 Å². The van der Waals surface area contributed by atoms with E-state index in [-0.39, 0.29) is 5.91 Å². The van der Waals surface area contributed by atoms with Crippen LogP contribution in [0.15, 0.2) is 43.0 Å². The van der Waals surface area contributed by atoms with E-state index < -0.39 is 0 Å². The standard InChI is InChI=1S/C15H16N4O/c20-15-5-2-6-19(15)14-4-1-3-13(7-14)18-10-12-8-16-11-17-9-12/h1,3-4,7-9,11,18H,2,5-6,10H2. The molecular formula is C15H16N4O. The average Bonchev–Trinajstić information content (AvgIpc) is 2.93. The second-order valence-electron chi connectivity index (χ2n) is 4.80. The zero-order valence-corrected chi connectivity index (χ0v) is 11.1. The molecule has 1 saturated heterocycles. The van der Waals surface area contributed by atoms with Gasteiger partial charge in [0.15, 0.2) is 0 Å². The Morgan fingerprint density at radius 1 is 1.25 bits per heavy atom. The third kappa shape index (κ3) is 2.77. The number of amides is 1. The van der Waals surface area contributed by atoms with Crippen molar-refractivity contribution in [1.82, 2.24) is 9.97 Å². The molecule has 1 aliphatic rings. The first-order chi connectivity index (χ1) is 9.83. The van der Waals surface area contributed by atoms with E-state index in [1.165, 1.54) is 6.33 Å². The third-order valence-corrected chi connectivity index (χ3v) is 3.34. The van der Waals surface area contributed by atoms with E-state index in [1.807, 2.05) is 29.2 Å². The lowest BCUT2D eigenvalue weighted by atomic mass is 10.2. The zero-order valence-electron chi connectivity index (χ0n) is 11.1. The van der Waals surface area contributed by atoms with Gasteiger partial charge in [0.1, 0.15) is 6.33 Å². The van der Waals surface area contributed by atoms with E-state index in [0.29, 0.717) is 13.0 Å². The fourth-order valence-corrected chi connectivity index (χ4v) is 2.33. The van der Waals surface area contributed by atoms with Crippen LogP contribution < -0.4 is 10.2 Å². The highest BCUT2D eigenvalue weighted by Crippen LogP contribution is 2.24. The molecule has 3 rings (SSSR count). The Morgan fingerprint density at radius 2 is 2.10 bits per heavy atom. The molecule has 1 N–H and O–H groups in total. The van der Waals surface area contributed by atoms with Crippen LogP contribution in [0.4, 0.5) is 11.4 Å². The summed E-state index contributed by atoms with van der Waals surface area (Å²) in [7, 11) is 0. The predicted octanol–water partition coefficient (Wildman–Crippen LogP) is 2.22. The minimum absolute atomic E-state index is 0.207. The van der Waals surface area contributed by atoms with E-state index in [1.54, 1.807) is 12.4 Å². The van der Waals surface area contributed by atoms with Gasteiger partial charge in [0, 0.05) is 48.8 Å². The number of nitrogens with zero attached hydrogens (tertiary/aromatic N) is 3. The SMILES string of the molecule is O=C1CCCN1c1cccc(NCc2cncnc2)c1. The average molecular weight is 268 g/mol. The Labute approximate surface area is 117 Å². The second-order valence-corrected chi connectivity index (χ2v) is 4.80. The van der Waals surface area contributed by atoms with E-state index >= 15 is 0 Å². The number of benzene rings is 1. The molecule has 0 unspecified atom stereocenters. The van der Waals surface area contributed by atoms with Crippen LogP contribution in [0.5, 0.6) is 0 Å². The summed E-state index contributed by atoms with van der Waals surface area (Å²) < 4.78 is 0. The first-order valence-electron chi connectivity index (χ1n) is 6.71. The lowest BCUT2D eigenvalue weighted by molar-refractivity contribution is -0.117. The van der Waals surface area contributed by atoms with Gasteiger partial charge in [-0.2, -0.15) is 0 Å². The molecule has 0 radical (unpaired) electrons. The number of carbonyl (C=O) groups excluding carboxylic acids is 1. The zero-order chi connectivity index (χ0) is 13.8. The van der Waals surface area contributed by atoms with Gasteiger partial charge in [0.2, 0.25) is 5.91 Å². The monoisotopic (exact) mass is 268 g/mol. The molecule has 102 valence electrons. The number of nitrogens with one attached hydrogen (secondary N) is 1. The van der Waals surface area contributed by atoms with Crippen LogP contribution in [0.25, 0.3) is 0 Å². The molecule has 5 heteroatoms. The highest BCUT2D eigenvalue weighted by Gasteiger charge is 2.21. The summed E-state index contributed by atoms with van der Waals surface area (Å²) in [4.78, 5) is 21.6. The van der Waals surface area contributed by atoms with E-state index in [2.05, 4.69) is 15.3 Å². The van der Waals surface area contributed by atoms with Crippen molar-refractivity contribution in [3.63, 3.8) is 0 Å². The normalized spacial score (nSPS) is 14.6. The minimum atomic E-state index is 0.207. The summed E-state index contributed by atoms with van der Waals surface area (Å²) in [5.41, 5.74) is 2.98. The van der Waals surface area contributed by atoms with Gasteiger partial charge in [0.25, 0.3) is 0 Å². The first-order valence-corrected chi connectivity index (χ1v) is 6.71. The van der Waals surface area contributed by atoms with E-state index in [9.17, 15) is 4.79 Å². The topological polar surface area (TPSA) is 58.1 Å². The van der Waals surface area contributed by atoms with Crippen molar-refractivity contribution in [3.05, 3.63) is 48.5 Å². The molecule has 1 fully saturated rings. The van der Waals surface area contributed by atoms with Crippen molar-refractivity contribution < 1.29 is 4.79 Å². The smallest absolute Gasteiger partial charge is 0.227 e. The van der Waals surface area contributed by atoms with Gasteiger partial charge in [0.05, 0.1) is 0 Å². The van der Waals surface area contributed by atoms with Gasteiger partial charge in [-0.05, 0) is 24.6 Å². The maximum atomic E-state index is 11.8. The van der Waals surface area contributed by atoms with Crippen LogP contribution in [-0.4, -0.2) is 22.4 Å². The molecule has 1 amide bonds. The molecule has 0 aliphatic carbocycles. The van der Waals surface area contributed by atoms with Crippen LogP contribution in [0, 0.1) is 0 Å². The number of rotatable bonds is 4. The molecule has 5 nitrogen and oxygen atoms in total. The Kier molecular flexibility index (Phi) is 3.58. The Bertz CT molecular complexity index is 600. The lowest BCUT2D eigenvalue weighted by Gasteiger charge is -2.17. The molecule has 1 aromatic heterocycles. The lowest BCUT2D eigenvalue weighted by Crippen LogP contribution is -2.23. The molecule has 1 aliphatic heterocycles. The molecule has 20 heavy (non-hydrogen) atoms. The van der Waals surface area contributed by atoms with Crippen LogP contribution in [0.1, 0.15) is 18.4 Å². The molecule has 0 atom stereocenters. The number of aromatic nitrogens is 2. The Hall–Kier alpha value is -2.43. The van der Waals surface area contributed by atoms with Gasteiger partial charge in [-0.3, -0.25) is 4.79 Å². The van der Waals surface area contributed by atoms with Crippen molar-refractivity contribution >= 4 is 17.3 Å². The summed E-state index contributed by atoms with van der Waals surface area (Å²) in [5.74, 6) is 0.207. The summed E-state index contributed by atoms with van der Waals surface area (Å²) in [6.45, 7) is 1.48. The second kappa shape index (κ2) is 5.69. The van der Waals surface area contributed by atoms with Crippen molar-refractivity contribution in [2.75, 3.05) is 16.8 Å². The summed E-state index contributed by atoms with van der Waals surface area (Å²) in [6, 6.07) is 7.94. The quantitative estimate of drug-likeness (QED) is 0.923. The van der Waals surface area contributed by atoms with Crippen molar-refractivity contribution in [2.45, 2.75) is 19.4 Å².